The Hall–Kier alpha value is -1.68. The summed E-state index contributed by atoms with van der Waals surface area (Å²) in [6.45, 7) is 2.23. The van der Waals surface area contributed by atoms with Gasteiger partial charge in [-0.25, -0.2) is 17.6 Å². The lowest BCUT2D eigenvalue weighted by Crippen LogP contribution is -2.49. The molecule has 140 valence electrons. The number of benzene rings is 1. The maximum absolute atomic E-state index is 13.0. The Labute approximate surface area is 142 Å². The quantitative estimate of drug-likeness (QED) is 0.454. The summed E-state index contributed by atoms with van der Waals surface area (Å²) in [6, 6.07) is 4.19. The molecule has 0 aliphatic carbocycles. The third-order valence-electron chi connectivity index (χ3n) is 4.02. The monoisotopic (exact) mass is 383 g/mol. The summed E-state index contributed by atoms with van der Waals surface area (Å²) in [5, 5.41) is -1.15. The van der Waals surface area contributed by atoms with Gasteiger partial charge in [0.15, 0.2) is 9.84 Å². The Balaban J connectivity index is 2.23. The number of hydrogen-bond donors (Lipinski definition) is 0. The van der Waals surface area contributed by atoms with E-state index in [1.165, 1.54) is 0 Å². The van der Waals surface area contributed by atoms with Crippen LogP contribution in [0.15, 0.2) is 29.2 Å². The Morgan fingerprint density at radius 1 is 1.28 bits per heavy atom. The van der Waals surface area contributed by atoms with E-state index in [1.807, 2.05) is 0 Å². The number of nitrogens with zero attached hydrogens (tertiary/aromatic N) is 1. The molecule has 1 aromatic carbocycles. The van der Waals surface area contributed by atoms with E-state index in [0.29, 0.717) is 6.54 Å². The number of esters is 1. The summed E-state index contributed by atoms with van der Waals surface area (Å²) in [5.41, 5.74) is 0. The lowest BCUT2D eigenvalue weighted by atomic mass is 10.1. The minimum Gasteiger partial charge on any atom is -0.456 e. The van der Waals surface area contributed by atoms with Crippen molar-refractivity contribution < 1.29 is 35.5 Å². The number of hydrogen-bond acceptors (Lipinski definition) is 5. The molecule has 2 rings (SSSR count). The average Bonchev–Trinajstić information content (AvgIpc) is 2.54. The molecule has 5 nitrogen and oxygen atoms in total. The van der Waals surface area contributed by atoms with Crippen molar-refractivity contribution in [2.45, 2.75) is 42.3 Å². The van der Waals surface area contributed by atoms with Crippen molar-refractivity contribution in [3.8, 4) is 0 Å². The molecule has 1 fully saturated rings. The van der Waals surface area contributed by atoms with E-state index in [9.17, 15) is 30.8 Å². The molecule has 25 heavy (non-hydrogen) atoms. The number of carbonyl (C=O) groups excluding carboxylic acids is 1. The molecule has 0 aromatic heterocycles. The largest absolute Gasteiger partial charge is 0.490 e. The maximum atomic E-state index is 13.0. The zero-order chi connectivity index (χ0) is 18.8. The van der Waals surface area contributed by atoms with Crippen molar-refractivity contribution in [1.82, 2.24) is 4.90 Å². The van der Waals surface area contributed by atoms with Crippen molar-refractivity contribution >= 4 is 15.8 Å². The van der Waals surface area contributed by atoms with Crippen LogP contribution < -0.4 is 0 Å². The van der Waals surface area contributed by atoms with Crippen molar-refractivity contribution in [2.24, 2.45) is 0 Å². The van der Waals surface area contributed by atoms with E-state index < -0.39 is 39.3 Å². The van der Waals surface area contributed by atoms with Gasteiger partial charge in [0.2, 0.25) is 0 Å². The first kappa shape index (κ1) is 19.6. The molecule has 0 N–H and O–H groups in total. The van der Waals surface area contributed by atoms with Crippen molar-refractivity contribution in [2.75, 3.05) is 13.1 Å². The van der Waals surface area contributed by atoms with Crippen molar-refractivity contribution in [3.05, 3.63) is 30.1 Å². The molecule has 1 aliphatic rings. The molecule has 0 spiro atoms. The second-order valence-electron chi connectivity index (χ2n) is 5.63. The number of piperidine rings is 1. The number of carbonyl (C=O) groups is 1. The van der Waals surface area contributed by atoms with Gasteiger partial charge in [-0.1, -0.05) is 6.92 Å². The third kappa shape index (κ3) is 4.49. The standard InChI is InChI=1S/C15H17F4NO4S/c1-2-20-8-7-11(24-14(21)15(17,18)19)9-13(20)25(22,23)12-5-3-10(16)4-6-12/h3-6,11,13H,2,7-9H2,1H3. The van der Waals surface area contributed by atoms with Crippen molar-refractivity contribution in [1.29, 1.82) is 0 Å². The van der Waals surface area contributed by atoms with Gasteiger partial charge in [0, 0.05) is 13.0 Å². The highest BCUT2D eigenvalue weighted by Crippen LogP contribution is 2.30. The Bertz CT molecular complexity index is 718. The zero-order valence-electron chi connectivity index (χ0n) is 13.3. The van der Waals surface area contributed by atoms with Crippen molar-refractivity contribution in [3.63, 3.8) is 0 Å². The fourth-order valence-corrected chi connectivity index (χ4v) is 4.68. The first-order chi connectivity index (χ1) is 11.6. The SMILES string of the molecule is CCN1CCC(OC(=O)C(F)(F)F)CC1S(=O)(=O)c1ccc(F)cc1. The molecule has 1 aromatic rings. The first-order valence-electron chi connectivity index (χ1n) is 7.57. The molecular formula is C15H17F4NO4S. The smallest absolute Gasteiger partial charge is 0.456 e. The summed E-state index contributed by atoms with van der Waals surface area (Å²) >= 11 is 0. The van der Waals surface area contributed by atoms with Gasteiger partial charge in [-0.3, -0.25) is 4.90 Å². The summed E-state index contributed by atoms with van der Waals surface area (Å²) in [4.78, 5) is 12.4. The van der Waals surface area contributed by atoms with E-state index >= 15 is 0 Å². The van der Waals surface area contributed by atoms with E-state index in [2.05, 4.69) is 4.74 Å². The van der Waals surface area contributed by atoms with Gasteiger partial charge in [0.25, 0.3) is 0 Å². The van der Waals surface area contributed by atoms with Crippen LogP contribution in [0, 0.1) is 5.82 Å². The molecule has 0 radical (unpaired) electrons. The normalized spacial score (nSPS) is 22.6. The lowest BCUT2D eigenvalue weighted by Gasteiger charge is -2.37. The van der Waals surface area contributed by atoms with Crippen LogP contribution >= 0.6 is 0 Å². The van der Waals surface area contributed by atoms with Crippen LogP contribution in [-0.4, -0.2) is 50.0 Å². The summed E-state index contributed by atoms with van der Waals surface area (Å²) in [7, 11) is -3.96. The molecule has 0 bridgehead atoms. The van der Waals surface area contributed by atoms with Gasteiger partial charge in [-0.05, 0) is 37.2 Å². The van der Waals surface area contributed by atoms with Crippen LogP contribution in [0.5, 0.6) is 0 Å². The van der Waals surface area contributed by atoms with E-state index in [-0.39, 0.29) is 24.3 Å². The third-order valence-corrected chi connectivity index (χ3v) is 6.16. The van der Waals surface area contributed by atoms with Crippen LogP contribution in [0.4, 0.5) is 17.6 Å². The van der Waals surface area contributed by atoms with Crippen LogP contribution in [0.25, 0.3) is 0 Å². The van der Waals surface area contributed by atoms with Gasteiger partial charge < -0.3 is 4.74 Å². The molecule has 1 aliphatic heterocycles. The van der Waals surface area contributed by atoms with Crippen LogP contribution in [-0.2, 0) is 19.4 Å². The number of likely N-dealkylation sites (tertiary alicyclic amines) is 1. The van der Waals surface area contributed by atoms with Crippen LogP contribution in [0.1, 0.15) is 19.8 Å². The topological polar surface area (TPSA) is 63.7 Å². The molecule has 0 amide bonds. The number of sulfone groups is 1. The molecule has 2 unspecified atom stereocenters. The number of halogens is 4. The van der Waals surface area contributed by atoms with E-state index in [4.69, 9.17) is 0 Å². The summed E-state index contributed by atoms with van der Waals surface area (Å²) in [5.74, 6) is -2.94. The second kappa shape index (κ2) is 7.28. The Morgan fingerprint density at radius 2 is 1.88 bits per heavy atom. The predicted octanol–water partition coefficient (Wildman–Crippen LogP) is 2.52. The summed E-state index contributed by atoms with van der Waals surface area (Å²) in [6.07, 6.45) is -6.47. The van der Waals surface area contributed by atoms with Crippen LogP contribution in [0.2, 0.25) is 0 Å². The Kier molecular flexibility index (Phi) is 5.72. The number of alkyl halides is 3. The minimum atomic E-state index is -5.13. The maximum Gasteiger partial charge on any atom is 0.490 e. The second-order valence-corrected chi connectivity index (χ2v) is 7.74. The minimum absolute atomic E-state index is 0.102. The number of rotatable bonds is 4. The number of ether oxygens (including phenoxy) is 1. The fraction of sp³-hybridized carbons (Fsp3) is 0.533. The lowest BCUT2D eigenvalue weighted by molar-refractivity contribution is -0.206. The highest BCUT2D eigenvalue weighted by molar-refractivity contribution is 7.92. The predicted molar refractivity (Wildman–Crippen MR) is 79.8 cm³/mol. The van der Waals surface area contributed by atoms with Crippen LogP contribution in [0.3, 0.4) is 0 Å². The molecule has 0 saturated carbocycles. The highest BCUT2D eigenvalue weighted by atomic mass is 32.2. The fourth-order valence-electron chi connectivity index (χ4n) is 2.74. The zero-order valence-corrected chi connectivity index (χ0v) is 14.1. The van der Waals surface area contributed by atoms with Gasteiger partial charge in [-0.2, -0.15) is 13.2 Å². The van der Waals surface area contributed by atoms with Gasteiger partial charge in [-0.15, -0.1) is 0 Å². The first-order valence-corrected chi connectivity index (χ1v) is 9.11. The highest BCUT2D eigenvalue weighted by Gasteiger charge is 2.45. The average molecular weight is 383 g/mol. The van der Waals surface area contributed by atoms with Gasteiger partial charge in [0.05, 0.1) is 4.90 Å². The van der Waals surface area contributed by atoms with Gasteiger partial charge in [0.1, 0.15) is 17.3 Å². The summed E-state index contributed by atoms with van der Waals surface area (Å²) < 4.78 is 80.0. The van der Waals surface area contributed by atoms with Gasteiger partial charge >= 0.3 is 12.1 Å². The molecular weight excluding hydrogens is 366 g/mol. The molecule has 1 heterocycles. The molecule has 2 atom stereocenters. The molecule has 1 saturated heterocycles. The van der Waals surface area contributed by atoms with E-state index in [0.717, 1.165) is 24.3 Å². The Morgan fingerprint density at radius 3 is 2.40 bits per heavy atom. The van der Waals surface area contributed by atoms with E-state index in [1.54, 1.807) is 11.8 Å². The molecule has 10 heteroatoms.